The minimum absolute atomic E-state index is 0.0118. The molecule has 0 saturated heterocycles. The maximum atomic E-state index is 13.7. The first kappa shape index (κ1) is 23.1. The highest BCUT2D eigenvalue weighted by atomic mass is 16.5. The number of aliphatic hydroxyl groups is 1. The number of rotatable bonds is 6. The Morgan fingerprint density at radius 3 is 2.16 bits per heavy atom. The van der Waals surface area contributed by atoms with Crippen molar-refractivity contribution in [3.8, 4) is 17.2 Å². The summed E-state index contributed by atoms with van der Waals surface area (Å²) >= 11 is 0. The molecular formula is C31H21NO6. The number of carbonyl (C=O) groups excluding carboxylic acids is 2. The van der Waals surface area contributed by atoms with Gasteiger partial charge in [0.15, 0.2) is 11.5 Å². The molecule has 1 aromatic heterocycles. The maximum Gasteiger partial charge on any atom is 0.294 e. The molecule has 7 heteroatoms. The molecule has 1 unspecified atom stereocenters. The molecule has 0 radical (unpaired) electrons. The Balaban J connectivity index is 1.40. The summed E-state index contributed by atoms with van der Waals surface area (Å²) in [6, 6.07) is 30.0. The standard InChI is InChI=1S/C31H21NO6/c33-22-14-10-19(11-15-22)28-27(29(34)26-18-20-6-4-5-9-25(20)38-26)30(35)31(36)32(28)21-12-16-24(17-13-21)37-23-7-2-1-3-8-23/h1-18,28,33,35H. The lowest BCUT2D eigenvalue weighted by Crippen LogP contribution is -2.31. The number of aliphatic hydroxyl groups excluding tert-OH is 1. The molecule has 0 bridgehead atoms. The topological polar surface area (TPSA) is 100 Å². The van der Waals surface area contributed by atoms with Gasteiger partial charge in [0.2, 0.25) is 5.78 Å². The van der Waals surface area contributed by atoms with Gasteiger partial charge in [-0.3, -0.25) is 14.5 Å². The van der Waals surface area contributed by atoms with Gasteiger partial charge in [0, 0.05) is 11.1 Å². The maximum absolute atomic E-state index is 13.7. The van der Waals surface area contributed by atoms with Gasteiger partial charge < -0.3 is 19.4 Å². The van der Waals surface area contributed by atoms with Crippen molar-refractivity contribution in [1.29, 1.82) is 0 Å². The Hall–Kier alpha value is -5.30. The molecule has 1 aliphatic rings. The molecule has 186 valence electrons. The van der Waals surface area contributed by atoms with Crippen LogP contribution in [-0.2, 0) is 4.79 Å². The lowest BCUT2D eigenvalue weighted by Gasteiger charge is -2.27. The molecule has 1 amide bonds. The van der Waals surface area contributed by atoms with Crippen LogP contribution in [0.1, 0.15) is 22.2 Å². The summed E-state index contributed by atoms with van der Waals surface area (Å²) in [7, 11) is 0. The lowest BCUT2D eigenvalue weighted by atomic mass is 9.94. The molecule has 2 N–H and O–H groups in total. The van der Waals surface area contributed by atoms with Crippen LogP contribution in [0.4, 0.5) is 5.69 Å². The van der Waals surface area contributed by atoms with Crippen LogP contribution in [0.25, 0.3) is 11.0 Å². The number of anilines is 1. The third kappa shape index (κ3) is 4.06. The second-order valence-electron chi connectivity index (χ2n) is 8.82. The first-order valence-corrected chi connectivity index (χ1v) is 11.9. The number of hydrogen-bond acceptors (Lipinski definition) is 6. The number of phenolic OH excluding ortho intramolecular Hbond substituents is 1. The molecule has 6 rings (SSSR count). The number of amides is 1. The van der Waals surface area contributed by atoms with Crippen molar-refractivity contribution in [2.45, 2.75) is 6.04 Å². The van der Waals surface area contributed by atoms with Gasteiger partial charge >= 0.3 is 0 Å². The predicted molar refractivity (Wildman–Crippen MR) is 141 cm³/mol. The highest BCUT2D eigenvalue weighted by Gasteiger charge is 2.45. The van der Waals surface area contributed by atoms with Gasteiger partial charge in [-0.15, -0.1) is 0 Å². The Bertz CT molecular complexity index is 1650. The summed E-state index contributed by atoms with van der Waals surface area (Å²) in [5.41, 5.74) is 1.40. The molecule has 1 atom stereocenters. The zero-order valence-electron chi connectivity index (χ0n) is 19.9. The molecule has 7 nitrogen and oxygen atoms in total. The average Bonchev–Trinajstić information content (AvgIpc) is 3.49. The molecule has 1 aliphatic heterocycles. The van der Waals surface area contributed by atoms with Crippen molar-refractivity contribution < 1.29 is 29.0 Å². The summed E-state index contributed by atoms with van der Waals surface area (Å²) in [6.45, 7) is 0. The number of nitrogens with zero attached hydrogens (tertiary/aromatic N) is 1. The molecule has 2 heterocycles. The van der Waals surface area contributed by atoms with Crippen molar-refractivity contribution in [1.82, 2.24) is 0 Å². The summed E-state index contributed by atoms with van der Waals surface area (Å²) in [6.07, 6.45) is 0. The zero-order valence-corrected chi connectivity index (χ0v) is 19.9. The fourth-order valence-electron chi connectivity index (χ4n) is 4.60. The van der Waals surface area contributed by atoms with Crippen LogP contribution in [-0.4, -0.2) is 21.9 Å². The molecule has 0 spiro atoms. The SMILES string of the molecule is O=C(C1=C(O)C(=O)N(c2ccc(Oc3ccccc3)cc2)C1c1ccc(O)cc1)c1cc2ccccc2o1. The number of phenols is 1. The summed E-state index contributed by atoms with van der Waals surface area (Å²) < 4.78 is 11.6. The third-order valence-corrected chi connectivity index (χ3v) is 6.40. The Morgan fingerprint density at radius 1 is 0.789 bits per heavy atom. The van der Waals surface area contributed by atoms with Crippen molar-refractivity contribution >= 4 is 28.3 Å². The van der Waals surface area contributed by atoms with Crippen LogP contribution in [0.3, 0.4) is 0 Å². The number of Topliss-reactive ketones (excluding diaryl/α,β-unsaturated/α-hetero) is 1. The van der Waals surface area contributed by atoms with E-state index in [0.29, 0.717) is 28.3 Å². The lowest BCUT2D eigenvalue weighted by molar-refractivity contribution is -0.117. The minimum Gasteiger partial charge on any atom is -0.508 e. The van der Waals surface area contributed by atoms with Gasteiger partial charge in [0.25, 0.3) is 5.91 Å². The minimum atomic E-state index is -0.954. The number of aromatic hydroxyl groups is 1. The molecule has 5 aromatic rings. The molecule has 38 heavy (non-hydrogen) atoms. The van der Waals surface area contributed by atoms with E-state index in [0.717, 1.165) is 5.39 Å². The fraction of sp³-hybridized carbons (Fsp3) is 0.0323. The number of hydrogen-bond donors (Lipinski definition) is 2. The van der Waals surface area contributed by atoms with Gasteiger partial charge in [-0.05, 0) is 66.2 Å². The molecule has 0 fully saturated rings. The van der Waals surface area contributed by atoms with Crippen molar-refractivity contribution in [3.63, 3.8) is 0 Å². The predicted octanol–water partition coefficient (Wildman–Crippen LogP) is 6.71. The molecular weight excluding hydrogens is 482 g/mol. The third-order valence-electron chi connectivity index (χ3n) is 6.40. The van der Waals surface area contributed by atoms with E-state index in [1.165, 1.54) is 17.0 Å². The van der Waals surface area contributed by atoms with E-state index in [-0.39, 0.29) is 17.1 Å². The number of ether oxygens (including phenoxy) is 1. The molecule has 0 aliphatic carbocycles. The fourth-order valence-corrected chi connectivity index (χ4v) is 4.60. The first-order chi connectivity index (χ1) is 18.5. The van der Waals surface area contributed by atoms with E-state index in [4.69, 9.17) is 9.15 Å². The number of carbonyl (C=O) groups is 2. The largest absolute Gasteiger partial charge is 0.508 e. The van der Waals surface area contributed by atoms with Gasteiger partial charge in [-0.25, -0.2) is 0 Å². The monoisotopic (exact) mass is 503 g/mol. The number of furan rings is 1. The van der Waals surface area contributed by atoms with Gasteiger partial charge in [0.05, 0.1) is 11.6 Å². The van der Waals surface area contributed by atoms with Crippen LogP contribution in [0.5, 0.6) is 17.2 Å². The highest BCUT2D eigenvalue weighted by Crippen LogP contribution is 2.43. The summed E-state index contributed by atoms with van der Waals surface area (Å²) in [5, 5.41) is 21.5. The van der Waals surface area contributed by atoms with E-state index in [9.17, 15) is 19.8 Å². The van der Waals surface area contributed by atoms with Gasteiger partial charge in [-0.1, -0.05) is 48.5 Å². The number of benzene rings is 4. The second kappa shape index (κ2) is 9.29. The Kier molecular flexibility index (Phi) is 5.65. The van der Waals surface area contributed by atoms with Crippen LogP contribution >= 0.6 is 0 Å². The quantitative estimate of drug-likeness (QED) is 0.250. The second-order valence-corrected chi connectivity index (χ2v) is 8.82. The highest BCUT2D eigenvalue weighted by molar-refractivity contribution is 6.20. The summed E-state index contributed by atoms with van der Waals surface area (Å²) in [4.78, 5) is 28.5. The normalized spacial score (nSPS) is 15.3. The van der Waals surface area contributed by atoms with Crippen LogP contribution in [0.2, 0.25) is 0 Å². The zero-order chi connectivity index (χ0) is 26.2. The van der Waals surface area contributed by atoms with Crippen LogP contribution < -0.4 is 9.64 Å². The Morgan fingerprint density at radius 2 is 1.45 bits per heavy atom. The van der Waals surface area contributed by atoms with Crippen LogP contribution in [0.15, 0.2) is 125 Å². The van der Waals surface area contributed by atoms with E-state index in [1.54, 1.807) is 54.6 Å². The molecule has 4 aromatic carbocycles. The van der Waals surface area contributed by atoms with E-state index < -0.39 is 23.5 Å². The van der Waals surface area contributed by atoms with E-state index in [2.05, 4.69) is 0 Å². The number of ketones is 1. The Labute approximate surface area is 217 Å². The molecule has 0 saturated carbocycles. The van der Waals surface area contributed by atoms with Crippen molar-refractivity contribution in [3.05, 3.63) is 132 Å². The van der Waals surface area contributed by atoms with Gasteiger partial charge in [-0.2, -0.15) is 0 Å². The smallest absolute Gasteiger partial charge is 0.294 e. The number of para-hydroxylation sites is 2. The number of fused-ring (bicyclic) bond motifs is 1. The van der Waals surface area contributed by atoms with E-state index in [1.807, 2.05) is 42.5 Å². The van der Waals surface area contributed by atoms with Crippen molar-refractivity contribution in [2.24, 2.45) is 0 Å². The summed E-state index contributed by atoms with van der Waals surface area (Å²) in [5.74, 6) is -0.710. The van der Waals surface area contributed by atoms with E-state index >= 15 is 0 Å². The first-order valence-electron chi connectivity index (χ1n) is 11.9. The van der Waals surface area contributed by atoms with Gasteiger partial charge in [0.1, 0.15) is 22.8 Å². The van der Waals surface area contributed by atoms with Crippen molar-refractivity contribution in [2.75, 3.05) is 4.90 Å². The average molecular weight is 504 g/mol. The van der Waals surface area contributed by atoms with Crippen LogP contribution in [0, 0.1) is 0 Å².